The smallest absolute Gasteiger partial charge is 0.227 e. The van der Waals surface area contributed by atoms with Crippen LogP contribution in [0.3, 0.4) is 0 Å². The Balaban J connectivity index is 1.28. The van der Waals surface area contributed by atoms with Gasteiger partial charge in [-0.15, -0.1) is 0 Å². The van der Waals surface area contributed by atoms with E-state index in [1.54, 1.807) is 0 Å². The zero-order chi connectivity index (χ0) is 21.0. The monoisotopic (exact) mass is 415 g/mol. The molecule has 3 aromatic rings. The SMILES string of the molecule is CC1CCN(c2nc(NC3CCN(Cc4ccccc4)CC3)c3ccccc3n2)CC1. The first kappa shape index (κ1) is 20.3. The number of hydrogen-bond donors (Lipinski definition) is 1. The molecule has 0 saturated carbocycles. The molecule has 0 atom stereocenters. The predicted molar refractivity (Wildman–Crippen MR) is 129 cm³/mol. The zero-order valence-electron chi connectivity index (χ0n) is 18.5. The molecule has 0 spiro atoms. The first-order chi connectivity index (χ1) is 15.2. The van der Waals surface area contributed by atoms with Gasteiger partial charge in [0.1, 0.15) is 5.82 Å². The average molecular weight is 416 g/mol. The predicted octanol–water partition coefficient (Wildman–Crippen LogP) is 4.94. The summed E-state index contributed by atoms with van der Waals surface area (Å²) < 4.78 is 0. The van der Waals surface area contributed by atoms with E-state index in [9.17, 15) is 0 Å². The Hall–Kier alpha value is -2.66. The van der Waals surface area contributed by atoms with Crippen molar-refractivity contribution in [2.45, 2.75) is 45.2 Å². The highest BCUT2D eigenvalue weighted by molar-refractivity contribution is 5.90. The molecule has 5 heteroatoms. The number of anilines is 2. The number of likely N-dealkylation sites (tertiary alicyclic amines) is 1. The Labute approximate surface area is 185 Å². The summed E-state index contributed by atoms with van der Waals surface area (Å²) >= 11 is 0. The number of aromatic nitrogens is 2. The van der Waals surface area contributed by atoms with Crippen molar-refractivity contribution < 1.29 is 0 Å². The standard InChI is InChI=1S/C26H33N5/c1-20-11-17-31(18-12-20)26-28-24-10-6-5-9-23(24)25(29-26)27-22-13-15-30(16-14-22)19-21-7-3-2-4-8-21/h2-10,20,22H,11-19H2,1H3,(H,27,28,29). The van der Waals surface area contributed by atoms with E-state index < -0.39 is 0 Å². The van der Waals surface area contributed by atoms with Crippen LogP contribution in [0.4, 0.5) is 11.8 Å². The molecule has 1 aromatic heterocycles. The Bertz CT molecular complexity index is 989. The number of rotatable bonds is 5. The molecule has 2 aliphatic rings. The van der Waals surface area contributed by atoms with Crippen molar-refractivity contribution in [1.82, 2.24) is 14.9 Å². The summed E-state index contributed by atoms with van der Waals surface area (Å²) in [5, 5.41) is 4.92. The molecule has 0 aliphatic carbocycles. The molecule has 2 aromatic carbocycles. The lowest BCUT2D eigenvalue weighted by molar-refractivity contribution is 0.211. The maximum atomic E-state index is 5.02. The van der Waals surface area contributed by atoms with Gasteiger partial charge < -0.3 is 10.2 Å². The van der Waals surface area contributed by atoms with Gasteiger partial charge in [0, 0.05) is 44.2 Å². The summed E-state index contributed by atoms with van der Waals surface area (Å²) in [6, 6.07) is 19.7. The Morgan fingerprint density at radius 1 is 0.839 bits per heavy atom. The van der Waals surface area contributed by atoms with Crippen LogP contribution < -0.4 is 10.2 Å². The number of benzene rings is 2. The summed E-state index contributed by atoms with van der Waals surface area (Å²) in [6.07, 6.45) is 4.72. The minimum absolute atomic E-state index is 0.458. The number of nitrogens with one attached hydrogen (secondary N) is 1. The van der Waals surface area contributed by atoms with E-state index in [4.69, 9.17) is 9.97 Å². The third-order valence-corrected chi connectivity index (χ3v) is 6.84. The van der Waals surface area contributed by atoms with E-state index in [0.717, 1.165) is 74.2 Å². The third-order valence-electron chi connectivity index (χ3n) is 6.84. The van der Waals surface area contributed by atoms with Gasteiger partial charge in [-0.05, 0) is 49.3 Å². The molecule has 31 heavy (non-hydrogen) atoms. The normalized spacial score (nSPS) is 19.1. The summed E-state index contributed by atoms with van der Waals surface area (Å²) in [4.78, 5) is 14.8. The van der Waals surface area contributed by atoms with E-state index in [0.29, 0.717) is 6.04 Å². The van der Waals surface area contributed by atoms with Crippen molar-refractivity contribution in [3.63, 3.8) is 0 Å². The van der Waals surface area contributed by atoms with E-state index in [1.165, 1.54) is 18.4 Å². The van der Waals surface area contributed by atoms with Gasteiger partial charge in [0.25, 0.3) is 0 Å². The fourth-order valence-corrected chi connectivity index (χ4v) is 4.79. The Morgan fingerprint density at radius 2 is 1.55 bits per heavy atom. The van der Waals surface area contributed by atoms with Crippen LogP contribution in [0.2, 0.25) is 0 Å². The number of para-hydroxylation sites is 1. The van der Waals surface area contributed by atoms with Crippen molar-refractivity contribution in [3.8, 4) is 0 Å². The Morgan fingerprint density at radius 3 is 2.32 bits per heavy atom. The zero-order valence-corrected chi connectivity index (χ0v) is 18.5. The lowest BCUT2D eigenvalue weighted by Crippen LogP contribution is -2.39. The first-order valence-electron chi connectivity index (χ1n) is 11.8. The van der Waals surface area contributed by atoms with Gasteiger partial charge >= 0.3 is 0 Å². The minimum atomic E-state index is 0.458. The lowest BCUT2D eigenvalue weighted by Gasteiger charge is -2.33. The van der Waals surface area contributed by atoms with Crippen molar-refractivity contribution in [2.75, 3.05) is 36.4 Å². The summed E-state index contributed by atoms with van der Waals surface area (Å²) in [5.41, 5.74) is 2.44. The largest absolute Gasteiger partial charge is 0.367 e. The molecule has 3 heterocycles. The van der Waals surface area contributed by atoms with E-state index in [1.807, 2.05) is 0 Å². The van der Waals surface area contributed by atoms with Crippen LogP contribution in [-0.4, -0.2) is 47.1 Å². The molecular weight excluding hydrogens is 382 g/mol. The maximum absolute atomic E-state index is 5.02. The quantitative estimate of drug-likeness (QED) is 0.639. The van der Waals surface area contributed by atoms with Gasteiger partial charge in [0.2, 0.25) is 5.95 Å². The summed E-state index contributed by atoms with van der Waals surface area (Å²) in [5.74, 6) is 2.69. The van der Waals surface area contributed by atoms with Gasteiger partial charge in [0.05, 0.1) is 5.52 Å². The molecule has 2 saturated heterocycles. The molecular formula is C26H33N5. The van der Waals surface area contributed by atoms with Crippen LogP contribution in [0.5, 0.6) is 0 Å². The van der Waals surface area contributed by atoms with Crippen molar-refractivity contribution >= 4 is 22.7 Å². The summed E-state index contributed by atoms with van der Waals surface area (Å²) in [6.45, 7) is 7.73. The molecule has 2 fully saturated rings. The van der Waals surface area contributed by atoms with E-state index >= 15 is 0 Å². The molecule has 1 N–H and O–H groups in total. The fourth-order valence-electron chi connectivity index (χ4n) is 4.79. The molecule has 2 aliphatic heterocycles. The number of nitrogens with zero attached hydrogens (tertiary/aromatic N) is 4. The van der Waals surface area contributed by atoms with Crippen molar-refractivity contribution in [1.29, 1.82) is 0 Å². The number of fused-ring (bicyclic) bond motifs is 1. The van der Waals surface area contributed by atoms with Crippen molar-refractivity contribution in [3.05, 3.63) is 60.2 Å². The van der Waals surface area contributed by atoms with Crippen LogP contribution in [-0.2, 0) is 6.54 Å². The van der Waals surface area contributed by atoms with E-state index in [2.05, 4.69) is 76.6 Å². The van der Waals surface area contributed by atoms with Crippen LogP contribution in [0.25, 0.3) is 10.9 Å². The molecule has 5 nitrogen and oxygen atoms in total. The van der Waals surface area contributed by atoms with Gasteiger partial charge in [-0.3, -0.25) is 4.90 Å². The van der Waals surface area contributed by atoms with Crippen LogP contribution >= 0.6 is 0 Å². The maximum Gasteiger partial charge on any atom is 0.227 e. The second kappa shape index (κ2) is 9.23. The van der Waals surface area contributed by atoms with Gasteiger partial charge in [-0.2, -0.15) is 4.98 Å². The molecule has 0 radical (unpaired) electrons. The van der Waals surface area contributed by atoms with Gasteiger partial charge in [-0.25, -0.2) is 4.98 Å². The van der Waals surface area contributed by atoms with Gasteiger partial charge in [-0.1, -0.05) is 49.4 Å². The van der Waals surface area contributed by atoms with Crippen LogP contribution in [0.1, 0.15) is 38.2 Å². The highest BCUT2D eigenvalue weighted by Crippen LogP contribution is 2.28. The van der Waals surface area contributed by atoms with E-state index in [-0.39, 0.29) is 0 Å². The van der Waals surface area contributed by atoms with Crippen LogP contribution in [0, 0.1) is 5.92 Å². The highest BCUT2D eigenvalue weighted by Gasteiger charge is 2.23. The molecule has 0 bridgehead atoms. The average Bonchev–Trinajstić information content (AvgIpc) is 2.81. The van der Waals surface area contributed by atoms with Crippen LogP contribution in [0.15, 0.2) is 54.6 Å². The number of hydrogen-bond acceptors (Lipinski definition) is 5. The topological polar surface area (TPSA) is 44.3 Å². The first-order valence-corrected chi connectivity index (χ1v) is 11.8. The highest BCUT2D eigenvalue weighted by atomic mass is 15.3. The lowest BCUT2D eigenvalue weighted by atomic mass is 10.00. The molecule has 162 valence electrons. The minimum Gasteiger partial charge on any atom is -0.367 e. The Kier molecular flexibility index (Phi) is 6.03. The van der Waals surface area contributed by atoms with Crippen molar-refractivity contribution in [2.24, 2.45) is 5.92 Å². The van der Waals surface area contributed by atoms with Gasteiger partial charge in [0.15, 0.2) is 0 Å². The molecule has 5 rings (SSSR count). The summed E-state index contributed by atoms with van der Waals surface area (Å²) in [7, 11) is 0. The molecule has 0 unspecified atom stereocenters. The second-order valence-corrected chi connectivity index (χ2v) is 9.24. The third kappa shape index (κ3) is 4.82. The second-order valence-electron chi connectivity index (χ2n) is 9.24. The fraction of sp³-hybridized carbons (Fsp3) is 0.462. The molecule has 0 amide bonds. The number of piperidine rings is 2.